The average Bonchev–Trinajstić information content (AvgIpc) is 3.44. The average molecular weight is 376 g/mol. The molecule has 2 rings (SSSR count). The van der Waals surface area contributed by atoms with Crippen molar-refractivity contribution in [1.82, 2.24) is 4.90 Å². The van der Waals surface area contributed by atoms with Crippen LogP contribution in [0, 0.1) is 11.8 Å². The molecule has 6 nitrogen and oxygen atoms in total. The van der Waals surface area contributed by atoms with E-state index >= 15 is 0 Å². The zero-order valence-electron chi connectivity index (χ0n) is 17.4. The Kier molecular flexibility index (Phi) is 7.25. The van der Waals surface area contributed by atoms with Gasteiger partial charge in [0.2, 0.25) is 11.8 Å². The molecule has 1 aliphatic carbocycles. The number of rotatable bonds is 9. The number of nitrogens with zero attached hydrogens (tertiary/aromatic N) is 2. The van der Waals surface area contributed by atoms with Crippen LogP contribution in [0.1, 0.15) is 39.2 Å². The minimum atomic E-state index is -0.0316. The molecule has 0 aromatic heterocycles. The van der Waals surface area contributed by atoms with Crippen molar-refractivity contribution in [2.45, 2.75) is 46.2 Å². The van der Waals surface area contributed by atoms with Gasteiger partial charge in [0.05, 0.1) is 0 Å². The normalized spacial score (nSPS) is 14.8. The maximum atomic E-state index is 12.7. The van der Waals surface area contributed by atoms with E-state index < -0.39 is 0 Å². The summed E-state index contributed by atoms with van der Waals surface area (Å²) in [6, 6.07) is 5.98. The molecule has 0 saturated heterocycles. The Morgan fingerprint density at radius 1 is 1.22 bits per heavy atom. The first-order valence-corrected chi connectivity index (χ1v) is 9.64. The van der Waals surface area contributed by atoms with Crippen molar-refractivity contribution in [1.29, 1.82) is 0 Å². The molecule has 1 aromatic carbocycles. The summed E-state index contributed by atoms with van der Waals surface area (Å²) in [4.78, 5) is 28.7. The van der Waals surface area contributed by atoms with Crippen LogP contribution in [0.3, 0.4) is 0 Å². The van der Waals surface area contributed by atoms with E-state index in [1.807, 2.05) is 42.1 Å². The Hall–Kier alpha value is -2.08. The first-order chi connectivity index (χ1) is 12.7. The van der Waals surface area contributed by atoms with E-state index in [0.29, 0.717) is 12.5 Å². The van der Waals surface area contributed by atoms with Crippen LogP contribution < -0.4 is 10.2 Å². The van der Waals surface area contributed by atoms with Gasteiger partial charge in [0, 0.05) is 51.1 Å². The lowest BCUT2D eigenvalue weighted by Crippen LogP contribution is -2.43. The Morgan fingerprint density at radius 3 is 2.41 bits per heavy atom. The van der Waals surface area contributed by atoms with Gasteiger partial charge in [-0.05, 0) is 49.4 Å². The fraction of sp³-hybridized carbons (Fsp3) is 0.619. The SMILES string of the molecule is COCC(=O)N(Cc1cc(NC(=O)C2CC2)ccc1N(C)C)[C@H](C)C(C)C. The quantitative estimate of drug-likeness (QED) is 0.720. The summed E-state index contributed by atoms with van der Waals surface area (Å²) < 4.78 is 5.08. The molecule has 2 amide bonds. The van der Waals surface area contributed by atoms with Crippen LogP contribution in [0.25, 0.3) is 0 Å². The molecule has 0 bridgehead atoms. The van der Waals surface area contributed by atoms with Gasteiger partial charge in [0.1, 0.15) is 6.61 Å². The molecule has 1 saturated carbocycles. The molecule has 0 radical (unpaired) electrons. The van der Waals surface area contributed by atoms with Crippen molar-refractivity contribution in [3.8, 4) is 0 Å². The van der Waals surface area contributed by atoms with Gasteiger partial charge in [0.15, 0.2) is 0 Å². The molecule has 1 fully saturated rings. The maximum Gasteiger partial charge on any atom is 0.249 e. The summed E-state index contributed by atoms with van der Waals surface area (Å²) >= 11 is 0. The third-order valence-electron chi connectivity index (χ3n) is 5.16. The number of amides is 2. The van der Waals surface area contributed by atoms with E-state index in [9.17, 15) is 9.59 Å². The second-order valence-electron chi connectivity index (χ2n) is 7.94. The number of hydrogen-bond donors (Lipinski definition) is 1. The van der Waals surface area contributed by atoms with E-state index in [-0.39, 0.29) is 30.4 Å². The van der Waals surface area contributed by atoms with Crippen LogP contribution in [-0.4, -0.2) is 50.6 Å². The van der Waals surface area contributed by atoms with Crippen molar-refractivity contribution in [3.63, 3.8) is 0 Å². The van der Waals surface area contributed by atoms with Crippen LogP contribution in [0.2, 0.25) is 0 Å². The topological polar surface area (TPSA) is 61.9 Å². The minimum absolute atomic E-state index is 0.0316. The van der Waals surface area contributed by atoms with Crippen LogP contribution in [0.15, 0.2) is 18.2 Å². The number of nitrogens with one attached hydrogen (secondary N) is 1. The Morgan fingerprint density at radius 2 is 1.89 bits per heavy atom. The monoisotopic (exact) mass is 375 g/mol. The van der Waals surface area contributed by atoms with Gasteiger partial charge in [-0.1, -0.05) is 13.8 Å². The summed E-state index contributed by atoms with van der Waals surface area (Å²) in [5, 5.41) is 3.00. The van der Waals surface area contributed by atoms with Crippen LogP contribution in [0.4, 0.5) is 11.4 Å². The number of carbonyl (C=O) groups is 2. The van der Waals surface area contributed by atoms with Gasteiger partial charge in [-0.2, -0.15) is 0 Å². The molecule has 1 N–H and O–H groups in total. The summed E-state index contributed by atoms with van der Waals surface area (Å²) in [5.74, 6) is 0.534. The highest BCUT2D eigenvalue weighted by Crippen LogP contribution is 2.31. The molecular formula is C21H33N3O3. The Labute approximate surface area is 162 Å². The van der Waals surface area contributed by atoms with Gasteiger partial charge in [-0.15, -0.1) is 0 Å². The zero-order chi connectivity index (χ0) is 20.1. The summed E-state index contributed by atoms with van der Waals surface area (Å²) in [5.41, 5.74) is 2.82. The highest BCUT2D eigenvalue weighted by molar-refractivity contribution is 5.94. The molecule has 150 valence electrons. The van der Waals surface area contributed by atoms with E-state index in [2.05, 4.69) is 26.1 Å². The van der Waals surface area contributed by atoms with E-state index in [4.69, 9.17) is 4.74 Å². The summed E-state index contributed by atoms with van der Waals surface area (Å²) in [6.07, 6.45) is 1.94. The molecular weight excluding hydrogens is 342 g/mol. The molecule has 0 unspecified atom stereocenters. The van der Waals surface area contributed by atoms with Crippen LogP contribution in [-0.2, 0) is 20.9 Å². The van der Waals surface area contributed by atoms with Crippen molar-refractivity contribution in [3.05, 3.63) is 23.8 Å². The number of anilines is 2. The van der Waals surface area contributed by atoms with E-state index in [0.717, 1.165) is 29.8 Å². The summed E-state index contributed by atoms with van der Waals surface area (Å²) in [6.45, 7) is 6.81. The molecule has 0 spiro atoms. The first kappa shape index (κ1) is 21.2. The smallest absolute Gasteiger partial charge is 0.249 e. The maximum absolute atomic E-state index is 12.7. The zero-order valence-corrected chi connectivity index (χ0v) is 17.4. The molecule has 1 aliphatic rings. The second-order valence-corrected chi connectivity index (χ2v) is 7.94. The van der Waals surface area contributed by atoms with Crippen molar-refractivity contribution in [2.24, 2.45) is 11.8 Å². The fourth-order valence-electron chi connectivity index (χ4n) is 3.03. The lowest BCUT2D eigenvalue weighted by Gasteiger charge is -2.33. The third kappa shape index (κ3) is 5.70. The standard InChI is InChI=1S/C21H33N3O3/c1-14(2)15(3)24(20(25)13-27-6)12-17-11-18(9-10-19(17)23(4)5)22-21(26)16-7-8-16/h9-11,14-16H,7-8,12-13H2,1-6H3,(H,22,26)/t15-/m1/s1. The van der Waals surface area contributed by atoms with Gasteiger partial charge < -0.3 is 19.9 Å². The third-order valence-corrected chi connectivity index (χ3v) is 5.16. The van der Waals surface area contributed by atoms with Crippen molar-refractivity contribution < 1.29 is 14.3 Å². The van der Waals surface area contributed by atoms with Gasteiger partial charge >= 0.3 is 0 Å². The highest BCUT2D eigenvalue weighted by Gasteiger charge is 2.30. The molecule has 0 heterocycles. The minimum Gasteiger partial charge on any atom is -0.377 e. The lowest BCUT2D eigenvalue weighted by molar-refractivity contribution is -0.138. The second kappa shape index (κ2) is 9.22. The first-order valence-electron chi connectivity index (χ1n) is 9.64. The molecule has 27 heavy (non-hydrogen) atoms. The van der Waals surface area contributed by atoms with E-state index in [1.165, 1.54) is 7.11 Å². The molecule has 1 atom stereocenters. The van der Waals surface area contributed by atoms with Crippen LogP contribution >= 0.6 is 0 Å². The van der Waals surface area contributed by atoms with Crippen molar-refractivity contribution >= 4 is 23.2 Å². The number of carbonyl (C=O) groups excluding carboxylic acids is 2. The van der Waals surface area contributed by atoms with Gasteiger partial charge in [-0.25, -0.2) is 0 Å². The molecule has 6 heteroatoms. The van der Waals surface area contributed by atoms with E-state index in [1.54, 1.807) is 0 Å². The largest absolute Gasteiger partial charge is 0.377 e. The number of benzene rings is 1. The highest BCUT2D eigenvalue weighted by atomic mass is 16.5. The van der Waals surface area contributed by atoms with Gasteiger partial charge in [0.25, 0.3) is 0 Å². The number of methoxy groups -OCH3 is 1. The Bertz CT molecular complexity index is 669. The predicted molar refractivity (Wildman–Crippen MR) is 109 cm³/mol. The van der Waals surface area contributed by atoms with Gasteiger partial charge in [-0.3, -0.25) is 9.59 Å². The number of hydrogen-bond acceptors (Lipinski definition) is 4. The molecule has 0 aliphatic heterocycles. The lowest BCUT2D eigenvalue weighted by atomic mass is 10.0. The Balaban J connectivity index is 2.30. The van der Waals surface area contributed by atoms with Crippen molar-refractivity contribution in [2.75, 3.05) is 38.0 Å². The van der Waals surface area contributed by atoms with Crippen LogP contribution in [0.5, 0.6) is 0 Å². The predicted octanol–water partition coefficient (Wildman–Crippen LogP) is 3.12. The summed E-state index contributed by atoms with van der Waals surface area (Å²) in [7, 11) is 5.50. The number of ether oxygens (including phenoxy) is 1. The fourth-order valence-corrected chi connectivity index (χ4v) is 3.03. The molecule has 1 aromatic rings.